The van der Waals surface area contributed by atoms with Crippen molar-refractivity contribution in [1.82, 2.24) is 0 Å². The third kappa shape index (κ3) is 17.7. The van der Waals surface area contributed by atoms with Crippen molar-refractivity contribution >= 4 is 19.4 Å². The molecule has 0 radical (unpaired) electrons. The normalized spacial score (nSPS) is 25.7. The van der Waals surface area contributed by atoms with Gasteiger partial charge in [0.25, 0.3) is 0 Å². The summed E-state index contributed by atoms with van der Waals surface area (Å²) in [5.41, 5.74) is 7.19. The molecule has 3 aliphatic rings. The molecule has 3 aliphatic heterocycles. The molecule has 0 saturated carbocycles. The zero-order valence-corrected chi connectivity index (χ0v) is 50.4. The third-order valence-corrected chi connectivity index (χ3v) is 18.6. The molecule has 448 valence electrons. The second-order valence-electron chi connectivity index (χ2n) is 22.0. The van der Waals surface area contributed by atoms with Gasteiger partial charge >= 0.3 is 449 Å². The van der Waals surface area contributed by atoms with E-state index in [-0.39, 0.29) is 51.8 Å². The maximum atomic E-state index is 7.33. The summed E-state index contributed by atoms with van der Waals surface area (Å²) in [6, 6.07) is 81.9. The van der Waals surface area contributed by atoms with Crippen LogP contribution in [-0.4, -0.2) is 109 Å². The molecule has 3 fully saturated rings. The molecule has 0 unspecified atom stereocenters. The van der Waals surface area contributed by atoms with Crippen molar-refractivity contribution in [3.8, 4) is 0 Å². The van der Waals surface area contributed by atoms with Crippen LogP contribution in [0.2, 0.25) is 4.82 Å². The summed E-state index contributed by atoms with van der Waals surface area (Å²) >= 11 is -0.00438. The Kier molecular flexibility index (Phi) is 23.4. The van der Waals surface area contributed by atoms with Gasteiger partial charge in [0.2, 0.25) is 0 Å². The van der Waals surface area contributed by atoms with Crippen LogP contribution >= 0.6 is 0 Å². The molecule has 0 amide bonds. The molecule has 13 atom stereocenters. The van der Waals surface area contributed by atoms with Gasteiger partial charge < -0.3 is 0 Å². The van der Waals surface area contributed by atoms with Gasteiger partial charge in [-0.25, -0.2) is 0 Å². The Bertz CT molecular complexity index is 3120. The van der Waals surface area contributed by atoms with Gasteiger partial charge in [0.05, 0.1) is 0 Å². The molecule has 0 bridgehead atoms. The Hall–Kier alpha value is -6.20. The molecular formula is C73H78O12Se. The molecular weight excluding hydrogens is 1150 g/mol. The molecule has 3 saturated heterocycles. The molecule has 0 N–H and O–H groups in total. The number of ether oxygens (including phenoxy) is 12. The molecule has 86 heavy (non-hydrogen) atoms. The quantitative estimate of drug-likeness (QED) is 0.0400. The van der Waals surface area contributed by atoms with Gasteiger partial charge in [-0.05, 0) is 0 Å². The molecule has 8 aromatic rings. The predicted molar refractivity (Wildman–Crippen MR) is 330 cm³/mol. The summed E-state index contributed by atoms with van der Waals surface area (Å²) in [5.74, 6) is 0. The van der Waals surface area contributed by atoms with E-state index in [0.29, 0.717) is 46.1 Å². The summed E-state index contributed by atoms with van der Waals surface area (Å²) in [6.45, 7) is 2.72. The topological polar surface area (TPSA) is 111 Å². The summed E-state index contributed by atoms with van der Waals surface area (Å²) in [6.07, 6.45) is -5.98. The summed E-state index contributed by atoms with van der Waals surface area (Å²) in [5, 5.41) is 0. The van der Waals surface area contributed by atoms with Crippen LogP contribution in [0.1, 0.15) is 51.8 Å². The van der Waals surface area contributed by atoms with Crippen LogP contribution in [0.4, 0.5) is 0 Å². The van der Waals surface area contributed by atoms with Crippen LogP contribution < -0.4 is 4.46 Å². The molecule has 0 spiro atoms. The summed E-state index contributed by atoms with van der Waals surface area (Å²) in [7, 11) is 1.66. The van der Waals surface area contributed by atoms with Crippen molar-refractivity contribution < 1.29 is 56.8 Å². The van der Waals surface area contributed by atoms with E-state index < -0.39 is 61.4 Å². The fourth-order valence-electron chi connectivity index (χ4n) is 11.4. The number of methoxy groups -OCH3 is 1. The van der Waals surface area contributed by atoms with Gasteiger partial charge in [0, 0.05) is 0 Å². The van der Waals surface area contributed by atoms with Crippen LogP contribution in [0.5, 0.6) is 0 Å². The minimum absolute atomic E-state index is 0.00438. The minimum atomic E-state index is -0.913. The first-order chi connectivity index (χ1) is 42.6. The molecule has 12 nitrogen and oxygen atoms in total. The first-order valence-corrected chi connectivity index (χ1v) is 31.8. The smallest absolute Gasteiger partial charge is 0.0622 e. The van der Waals surface area contributed by atoms with Crippen molar-refractivity contribution in [3.63, 3.8) is 0 Å². The van der Waals surface area contributed by atoms with Gasteiger partial charge in [-0.3, -0.25) is 0 Å². The van der Waals surface area contributed by atoms with Crippen LogP contribution in [0.15, 0.2) is 243 Å². The monoisotopic (exact) mass is 1230 g/mol. The minimum Gasteiger partial charge on any atom is -0.0622 e. The Morgan fingerprint density at radius 2 is 0.663 bits per heavy atom. The molecule has 0 aromatic heterocycles. The maximum absolute atomic E-state index is 7.33. The molecule has 11 rings (SSSR count). The van der Waals surface area contributed by atoms with Crippen LogP contribution in [-0.2, 0) is 103 Å². The second kappa shape index (κ2) is 32.7. The number of hydrogen-bond acceptors (Lipinski definition) is 12. The fraction of sp³-hybridized carbons (Fsp3) is 0.342. The van der Waals surface area contributed by atoms with E-state index in [2.05, 4.69) is 115 Å². The van der Waals surface area contributed by atoms with E-state index in [1.165, 1.54) is 4.46 Å². The molecule has 0 aliphatic carbocycles. The Balaban J connectivity index is 0.888. The number of benzene rings is 8. The molecule has 3 heterocycles. The van der Waals surface area contributed by atoms with E-state index in [9.17, 15) is 0 Å². The van der Waals surface area contributed by atoms with Crippen molar-refractivity contribution in [2.24, 2.45) is 0 Å². The molecule has 13 heteroatoms. The van der Waals surface area contributed by atoms with Crippen molar-refractivity contribution in [3.05, 3.63) is 282 Å². The standard InChI is InChI=1S/C73H78O12Se/c1-74-72-70(80-49-58-36-20-7-21-37-58)68(78-47-56-32-16-5-17-33-56)66(76-45-54-28-12-3-13-29-54)62(84-72)42-60-43-65(86-61-40-24-9-25-41-61)63(83-60)52-82-73-71(81-50-59-38-22-8-23-39-59)69(79-48-57-34-18-6-19-35-57)67(77-46-55-30-14-4-15-31-55)64(85-73)51-75-44-53-26-10-2-11-27-53/h2-41,60,62-73H,42-52H2,1H3/t60-,62+,63+,64+,65-,66+,67+,68-,69-,70+,71+,72-,73+/m0/s1. The van der Waals surface area contributed by atoms with E-state index in [1.807, 2.05) is 127 Å². The number of hydrogen-bond donors (Lipinski definition) is 0. The molecule has 8 aromatic carbocycles. The van der Waals surface area contributed by atoms with Gasteiger partial charge in [-0.2, -0.15) is 0 Å². The van der Waals surface area contributed by atoms with Crippen molar-refractivity contribution in [1.29, 1.82) is 0 Å². The Morgan fingerprint density at radius 1 is 0.326 bits per heavy atom. The average Bonchev–Trinajstić information content (AvgIpc) is 2.53. The van der Waals surface area contributed by atoms with Crippen LogP contribution in [0.25, 0.3) is 0 Å². The van der Waals surface area contributed by atoms with Crippen molar-refractivity contribution in [2.45, 2.75) is 138 Å². The van der Waals surface area contributed by atoms with Crippen LogP contribution in [0.3, 0.4) is 0 Å². The van der Waals surface area contributed by atoms with E-state index >= 15 is 0 Å². The summed E-state index contributed by atoms with van der Waals surface area (Å²) in [4.78, 5) is 0.108. The Morgan fingerprint density at radius 3 is 1.07 bits per heavy atom. The van der Waals surface area contributed by atoms with Gasteiger partial charge in [-0.1, -0.05) is 66.7 Å². The predicted octanol–water partition coefficient (Wildman–Crippen LogP) is 12.2. The fourth-order valence-corrected chi connectivity index (χ4v) is 14.0. The van der Waals surface area contributed by atoms with E-state index in [1.54, 1.807) is 7.11 Å². The average molecular weight is 1230 g/mol. The number of rotatable bonds is 30. The first-order valence-electron chi connectivity index (χ1n) is 30.0. The second-order valence-corrected chi connectivity index (χ2v) is 24.7. The van der Waals surface area contributed by atoms with E-state index in [4.69, 9.17) is 56.8 Å². The zero-order chi connectivity index (χ0) is 58.4. The van der Waals surface area contributed by atoms with Crippen LogP contribution in [0, 0.1) is 0 Å². The Labute approximate surface area is 513 Å². The third-order valence-electron chi connectivity index (χ3n) is 15.7. The van der Waals surface area contributed by atoms with Gasteiger partial charge in [-0.15, -0.1) is 0 Å². The van der Waals surface area contributed by atoms with E-state index in [0.717, 1.165) is 45.4 Å². The first kappa shape index (κ1) is 61.4. The SMILES string of the molecule is CO[C@H]1O[C@H](C[C@H]2C[C@H]([Se]c3ccccc3)[C@@H](CO[C@@H]3O[C@H](COCc4ccccc4)[C@@H](OCc4ccccc4)[C@H](OCc4ccccc4)[C@H]3OCc3ccccc3)O2)[C@@H](OCc2ccccc2)[C@H](OCc2ccccc2)[C@H]1OCc1ccccc1. The zero-order valence-electron chi connectivity index (χ0n) is 48.7. The van der Waals surface area contributed by atoms with Gasteiger partial charge in [0.15, 0.2) is 0 Å². The van der Waals surface area contributed by atoms with Gasteiger partial charge in [0.1, 0.15) is 0 Å². The summed E-state index contributed by atoms with van der Waals surface area (Å²) < 4.78 is 84.8. The van der Waals surface area contributed by atoms with Crippen molar-refractivity contribution in [2.75, 3.05) is 20.3 Å².